The van der Waals surface area contributed by atoms with Crippen molar-refractivity contribution < 1.29 is 27.3 Å². The van der Waals surface area contributed by atoms with Gasteiger partial charge in [0.1, 0.15) is 6.04 Å². The molecule has 0 aliphatic rings. The van der Waals surface area contributed by atoms with Crippen LogP contribution in [0.4, 0.5) is 5.69 Å². The molecule has 0 fully saturated rings. The van der Waals surface area contributed by atoms with Crippen molar-refractivity contribution in [1.29, 1.82) is 0 Å². The molecule has 1 aromatic carbocycles. The molecule has 1 atom stereocenters. The van der Waals surface area contributed by atoms with Crippen LogP contribution in [-0.2, 0) is 24.0 Å². The van der Waals surface area contributed by atoms with Gasteiger partial charge in [-0.2, -0.15) is 4.72 Å². The number of esters is 1. The number of sulfonamides is 1. The number of methoxy groups -OCH3 is 1. The third kappa shape index (κ3) is 6.09. The maximum atomic E-state index is 12.5. The molecule has 0 aliphatic carbocycles. The lowest BCUT2D eigenvalue weighted by atomic mass is 10.2. The van der Waals surface area contributed by atoms with Crippen molar-refractivity contribution in [3.05, 3.63) is 34.4 Å². The fourth-order valence-electron chi connectivity index (χ4n) is 1.80. The summed E-state index contributed by atoms with van der Waals surface area (Å²) in [6, 6.07) is 3.12. The number of hydrogen-bond acceptors (Lipinski definition) is 7. The molecule has 9 nitrogen and oxygen atoms in total. The van der Waals surface area contributed by atoms with E-state index < -0.39 is 35.3 Å². The van der Waals surface area contributed by atoms with Crippen molar-refractivity contribution in [1.82, 2.24) is 4.72 Å². The Balaban J connectivity index is 3.01. The number of nitro benzene ring substituents is 1. The Morgan fingerprint density at radius 3 is 2.19 bits per heavy atom. The Hall–Kier alpha value is -1.82. The van der Waals surface area contributed by atoms with E-state index in [-0.39, 0.29) is 22.2 Å². The summed E-state index contributed by atoms with van der Waals surface area (Å²) in [6.07, 6.45) is 0. The van der Waals surface area contributed by atoms with E-state index in [0.29, 0.717) is 0 Å². The zero-order valence-electron chi connectivity index (χ0n) is 16.3. The Labute approximate surface area is 160 Å². The number of ether oxygens (including phenoxy) is 1. The number of non-ortho nitro benzene ring substituents is 1. The van der Waals surface area contributed by atoms with Crippen molar-refractivity contribution in [3.63, 3.8) is 0 Å². The molecule has 0 saturated heterocycles. The van der Waals surface area contributed by atoms with E-state index in [1.165, 1.54) is 0 Å². The van der Waals surface area contributed by atoms with E-state index in [1.54, 1.807) is 0 Å². The normalized spacial score (nSPS) is 13.9. The lowest BCUT2D eigenvalue weighted by Crippen LogP contribution is -2.49. The Kier molecular flexibility index (Phi) is 7.28. The number of hydrogen-bond donors (Lipinski definition) is 1. The highest BCUT2D eigenvalue weighted by molar-refractivity contribution is 7.89. The van der Waals surface area contributed by atoms with Crippen molar-refractivity contribution in [2.45, 2.75) is 49.8 Å². The molecule has 11 heteroatoms. The zero-order chi connectivity index (χ0) is 21.0. The van der Waals surface area contributed by atoms with Gasteiger partial charge < -0.3 is 9.16 Å². The molecular weight excluding hydrogens is 392 g/mol. The van der Waals surface area contributed by atoms with Gasteiger partial charge in [0.15, 0.2) is 8.32 Å². The highest BCUT2D eigenvalue weighted by Gasteiger charge is 2.39. The van der Waals surface area contributed by atoms with Gasteiger partial charge in [0.2, 0.25) is 10.0 Å². The molecule has 0 radical (unpaired) electrons. The van der Waals surface area contributed by atoms with Crippen LogP contribution in [0.1, 0.15) is 20.8 Å². The van der Waals surface area contributed by atoms with Crippen LogP contribution < -0.4 is 4.72 Å². The average Bonchev–Trinajstić information content (AvgIpc) is 2.56. The Morgan fingerprint density at radius 2 is 1.78 bits per heavy atom. The molecule has 0 aromatic heterocycles. The molecule has 0 spiro atoms. The number of carbonyl (C=O) groups excluding carboxylic acids is 1. The monoisotopic (exact) mass is 418 g/mol. The van der Waals surface area contributed by atoms with E-state index in [0.717, 1.165) is 31.4 Å². The smallest absolute Gasteiger partial charge is 0.326 e. The molecule has 0 saturated carbocycles. The molecular formula is C16H26N2O7SSi. The maximum absolute atomic E-state index is 12.5. The van der Waals surface area contributed by atoms with E-state index in [2.05, 4.69) is 9.46 Å². The van der Waals surface area contributed by atoms with Crippen LogP contribution in [0.2, 0.25) is 18.1 Å². The lowest BCUT2D eigenvalue weighted by molar-refractivity contribution is -0.384. The average molecular weight is 419 g/mol. The van der Waals surface area contributed by atoms with Crippen LogP contribution in [0.5, 0.6) is 0 Å². The number of benzene rings is 1. The first-order valence-electron chi connectivity index (χ1n) is 8.20. The summed E-state index contributed by atoms with van der Waals surface area (Å²) in [7, 11) is -5.16. The topological polar surface area (TPSA) is 125 Å². The van der Waals surface area contributed by atoms with Gasteiger partial charge in [0.25, 0.3) is 5.69 Å². The molecule has 27 heavy (non-hydrogen) atoms. The van der Waals surface area contributed by atoms with E-state index in [4.69, 9.17) is 4.43 Å². The van der Waals surface area contributed by atoms with Crippen molar-refractivity contribution in [2.75, 3.05) is 13.7 Å². The third-order valence-electron chi connectivity index (χ3n) is 4.56. The summed E-state index contributed by atoms with van der Waals surface area (Å²) in [5.74, 6) is -0.779. The predicted octanol–water partition coefficient (Wildman–Crippen LogP) is 2.44. The van der Waals surface area contributed by atoms with Crippen LogP contribution in [-0.4, -0.2) is 47.4 Å². The minimum atomic E-state index is -4.10. The van der Waals surface area contributed by atoms with E-state index in [9.17, 15) is 23.3 Å². The van der Waals surface area contributed by atoms with Gasteiger partial charge in [-0.25, -0.2) is 8.42 Å². The minimum absolute atomic E-state index is 0.120. The quantitative estimate of drug-likeness (QED) is 0.297. The molecule has 0 heterocycles. The van der Waals surface area contributed by atoms with Crippen LogP contribution in [0.25, 0.3) is 0 Å². The first-order chi connectivity index (χ1) is 12.2. The second-order valence-corrected chi connectivity index (χ2v) is 14.0. The molecule has 0 aliphatic heterocycles. The highest BCUT2D eigenvalue weighted by atomic mass is 32.2. The molecule has 1 unspecified atom stereocenters. The largest absolute Gasteiger partial charge is 0.468 e. The highest BCUT2D eigenvalue weighted by Crippen LogP contribution is 2.36. The van der Waals surface area contributed by atoms with Crippen LogP contribution in [0.15, 0.2) is 29.2 Å². The summed E-state index contributed by atoms with van der Waals surface area (Å²) in [6.45, 7) is 9.85. The van der Waals surface area contributed by atoms with Gasteiger partial charge in [-0.1, -0.05) is 20.8 Å². The zero-order valence-corrected chi connectivity index (χ0v) is 18.1. The summed E-state index contributed by atoms with van der Waals surface area (Å²) in [5, 5.41) is 10.6. The fraction of sp³-hybridized carbons (Fsp3) is 0.562. The van der Waals surface area contributed by atoms with Crippen LogP contribution in [0, 0.1) is 10.1 Å². The predicted molar refractivity (Wildman–Crippen MR) is 102 cm³/mol. The number of nitrogens with one attached hydrogen (secondary N) is 1. The first kappa shape index (κ1) is 23.2. The van der Waals surface area contributed by atoms with E-state index >= 15 is 0 Å². The van der Waals surface area contributed by atoms with E-state index in [1.807, 2.05) is 33.9 Å². The SMILES string of the molecule is COC(=O)C(CO[Si](C)(C)C(C)(C)C)NS(=O)(=O)c1ccc([N+](=O)[O-])cc1. The molecule has 1 N–H and O–H groups in total. The maximum Gasteiger partial charge on any atom is 0.326 e. The number of carbonyl (C=O) groups is 1. The van der Waals surface area contributed by atoms with Crippen LogP contribution >= 0.6 is 0 Å². The van der Waals surface area contributed by atoms with Crippen molar-refractivity contribution in [3.8, 4) is 0 Å². The minimum Gasteiger partial charge on any atom is -0.468 e. The van der Waals surface area contributed by atoms with Gasteiger partial charge in [-0.05, 0) is 30.3 Å². The molecule has 0 bridgehead atoms. The number of nitro groups is 1. The second-order valence-electron chi connectivity index (χ2n) is 7.52. The van der Waals surface area contributed by atoms with Gasteiger partial charge in [-0.15, -0.1) is 0 Å². The van der Waals surface area contributed by atoms with Gasteiger partial charge in [-0.3, -0.25) is 14.9 Å². The first-order valence-corrected chi connectivity index (χ1v) is 12.6. The second kappa shape index (κ2) is 8.46. The lowest BCUT2D eigenvalue weighted by Gasteiger charge is -2.37. The van der Waals surface area contributed by atoms with Crippen LogP contribution in [0.3, 0.4) is 0 Å². The summed E-state index contributed by atoms with van der Waals surface area (Å²) < 4.78 is 37.9. The summed E-state index contributed by atoms with van der Waals surface area (Å²) in [5.41, 5.74) is -0.236. The molecule has 0 amide bonds. The van der Waals surface area contributed by atoms with Gasteiger partial charge >= 0.3 is 5.97 Å². The third-order valence-corrected chi connectivity index (χ3v) is 10.5. The fourth-order valence-corrected chi connectivity index (χ4v) is 3.99. The van der Waals surface area contributed by atoms with Crippen molar-refractivity contribution >= 4 is 30.0 Å². The van der Waals surface area contributed by atoms with Crippen molar-refractivity contribution in [2.24, 2.45) is 0 Å². The standard InChI is InChI=1S/C16H26N2O7SSi/c1-16(2,3)27(5,6)25-11-14(15(19)24-4)17-26(22,23)13-9-7-12(8-10-13)18(20)21/h7-10,14,17H,11H2,1-6H3. The summed E-state index contributed by atoms with van der Waals surface area (Å²) in [4.78, 5) is 21.9. The Bertz CT molecular complexity index is 786. The molecule has 1 aromatic rings. The Morgan fingerprint density at radius 1 is 1.26 bits per heavy atom. The van der Waals surface area contributed by atoms with Gasteiger partial charge in [0, 0.05) is 12.1 Å². The summed E-state index contributed by atoms with van der Waals surface area (Å²) >= 11 is 0. The number of nitrogens with zero attached hydrogens (tertiary/aromatic N) is 1. The molecule has 1 rings (SSSR count). The number of rotatable bonds is 8. The molecule has 152 valence electrons. The van der Waals surface area contributed by atoms with Gasteiger partial charge in [0.05, 0.1) is 23.5 Å².